The first-order chi connectivity index (χ1) is 13.0. The van der Waals surface area contributed by atoms with Gasteiger partial charge in [-0.1, -0.05) is 43.3 Å². The minimum absolute atomic E-state index is 0.0976. The molecule has 0 amide bonds. The monoisotopic (exact) mass is 362 g/mol. The Hall–Kier alpha value is -2.95. The molecule has 0 atom stereocenters. The fraction of sp³-hybridized carbons (Fsp3) is 0.318. The van der Waals surface area contributed by atoms with Gasteiger partial charge in [-0.05, 0) is 43.5 Å². The Morgan fingerprint density at radius 1 is 1.07 bits per heavy atom. The van der Waals surface area contributed by atoms with E-state index in [0.717, 1.165) is 29.5 Å². The third-order valence-corrected chi connectivity index (χ3v) is 5.44. The van der Waals surface area contributed by atoms with Gasteiger partial charge in [0.2, 0.25) is 5.82 Å². The zero-order valence-electron chi connectivity index (χ0n) is 15.8. The van der Waals surface area contributed by atoms with Gasteiger partial charge < -0.3 is 9.26 Å². The highest BCUT2D eigenvalue weighted by Crippen LogP contribution is 2.39. The molecule has 1 aliphatic heterocycles. The molecule has 27 heavy (non-hydrogen) atoms. The topological polar surface area (TPSA) is 65.2 Å². The molecule has 1 aliphatic rings. The number of aromatic nitrogens is 2. The summed E-state index contributed by atoms with van der Waals surface area (Å²) in [6, 6.07) is 13.4. The van der Waals surface area contributed by atoms with Crippen LogP contribution in [-0.4, -0.2) is 21.5 Å². The predicted octanol–water partition coefficient (Wildman–Crippen LogP) is 5.24. The minimum Gasteiger partial charge on any atom is -0.486 e. The summed E-state index contributed by atoms with van der Waals surface area (Å²) in [7, 11) is 0. The average molecular weight is 362 g/mol. The first-order valence-electron chi connectivity index (χ1n) is 9.31. The van der Waals surface area contributed by atoms with Crippen molar-refractivity contribution in [2.45, 2.75) is 45.6 Å². The molecular weight excluding hydrogens is 340 g/mol. The molecule has 0 fully saturated rings. The van der Waals surface area contributed by atoms with E-state index in [4.69, 9.17) is 9.26 Å². The summed E-state index contributed by atoms with van der Waals surface area (Å²) in [5, 5.41) is 4.10. The van der Waals surface area contributed by atoms with Crippen LogP contribution in [0.2, 0.25) is 0 Å². The van der Waals surface area contributed by atoms with Gasteiger partial charge in [-0.3, -0.25) is 4.79 Å². The number of ether oxygens (including phenoxy) is 1. The first kappa shape index (κ1) is 17.5. The van der Waals surface area contributed by atoms with E-state index in [1.807, 2.05) is 43.3 Å². The van der Waals surface area contributed by atoms with Gasteiger partial charge in [0.1, 0.15) is 11.4 Å². The van der Waals surface area contributed by atoms with Crippen molar-refractivity contribution in [1.82, 2.24) is 10.1 Å². The standard InChI is InChI=1S/C22H22N2O3/c1-4-22(5-2)13-18(25)17-12-15(10-11-19(17)26-22)21-23-20(24-27-21)16-9-7-6-8-14(16)3/h6-12H,4-5,13H2,1-3H3. The fourth-order valence-corrected chi connectivity index (χ4v) is 3.55. The molecule has 0 spiro atoms. The molecule has 0 N–H and O–H groups in total. The number of carbonyl (C=O) groups excluding carboxylic acids is 1. The number of hydrogen-bond donors (Lipinski definition) is 0. The predicted molar refractivity (Wildman–Crippen MR) is 103 cm³/mol. The number of hydrogen-bond acceptors (Lipinski definition) is 5. The molecule has 5 heteroatoms. The second-order valence-electron chi connectivity index (χ2n) is 7.04. The molecule has 0 unspecified atom stereocenters. The lowest BCUT2D eigenvalue weighted by Crippen LogP contribution is -2.40. The van der Waals surface area contributed by atoms with E-state index in [9.17, 15) is 4.79 Å². The zero-order valence-corrected chi connectivity index (χ0v) is 15.8. The van der Waals surface area contributed by atoms with E-state index in [1.165, 1.54) is 0 Å². The molecule has 2 aromatic carbocycles. The van der Waals surface area contributed by atoms with E-state index in [1.54, 1.807) is 6.07 Å². The van der Waals surface area contributed by atoms with E-state index >= 15 is 0 Å². The number of aryl methyl sites for hydroxylation is 1. The molecule has 3 aromatic rings. The quantitative estimate of drug-likeness (QED) is 0.635. The maximum absolute atomic E-state index is 12.7. The smallest absolute Gasteiger partial charge is 0.258 e. The molecule has 138 valence electrons. The molecule has 0 aliphatic carbocycles. The van der Waals surface area contributed by atoms with E-state index in [2.05, 4.69) is 24.0 Å². The molecule has 0 bridgehead atoms. The lowest BCUT2D eigenvalue weighted by molar-refractivity contribution is 0.0350. The van der Waals surface area contributed by atoms with Crippen LogP contribution in [0.1, 0.15) is 49.0 Å². The number of rotatable bonds is 4. The van der Waals surface area contributed by atoms with Crippen molar-refractivity contribution in [2.75, 3.05) is 0 Å². The molecule has 1 aromatic heterocycles. The summed E-state index contributed by atoms with van der Waals surface area (Å²) in [5.74, 6) is 1.67. The van der Waals surface area contributed by atoms with Gasteiger partial charge in [0.05, 0.1) is 12.0 Å². The lowest BCUT2D eigenvalue weighted by atomic mass is 9.85. The van der Waals surface area contributed by atoms with Crippen molar-refractivity contribution in [3.63, 3.8) is 0 Å². The van der Waals surface area contributed by atoms with Crippen LogP contribution in [-0.2, 0) is 0 Å². The van der Waals surface area contributed by atoms with Crippen molar-refractivity contribution in [3.05, 3.63) is 53.6 Å². The Morgan fingerprint density at radius 2 is 1.85 bits per heavy atom. The highest BCUT2D eigenvalue weighted by molar-refractivity contribution is 6.01. The molecule has 2 heterocycles. The Bertz CT molecular complexity index is 1000. The number of carbonyl (C=O) groups is 1. The van der Waals surface area contributed by atoms with Gasteiger partial charge in [-0.15, -0.1) is 0 Å². The van der Waals surface area contributed by atoms with Gasteiger partial charge in [0.15, 0.2) is 5.78 Å². The maximum Gasteiger partial charge on any atom is 0.258 e. The molecule has 0 radical (unpaired) electrons. The fourth-order valence-electron chi connectivity index (χ4n) is 3.55. The highest BCUT2D eigenvalue weighted by atomic mass is 16.5. The number of Topliss-reactive ketones (excluding diaryl/α,β-unsaturated/α-hetero) is 1. The van der Waals surface area contributed by atoms with Crippen molar-refractivity contribution < 1.29 is 14.1 Å². The van der Waals surface area contributed by atoms with Crippen LogP contribution in [0, 0.1) is 6.92 Å². The number of benzene rings is 2. The third kappa shape index (κ3) is 3.03. The van der Waals surface area contributed by atoms with E-state index in [-0.39, 0.29) is 5.78 Å². The Kier molecular flexibility index (Phi) is 4.30. The number of fused-ring (bicyclic) bond motifs is 1. The summed E-state index contributed by atoms with van der Waals surface area (Å²) in [4.78, 5) is 17.2. The Labute approximate surface area is 158 Å². The van der Waals surface area contributed by atoms with Crippen LogP contribution >= 0.6 is 0 Å². The minimum atomic E-state index is -0.395. The first-order valence-corrected chi connectivity index (χ1v) is 9.31. The van der Waals surface area contributed by atoms with Crippen LogP contribution in [0.4, 0.5) is 0 Å². The SMILES string of the molecule is CCC1(CC)CC(=O)c2cc(-c3nc(-c4ccccc4C)no3)ccc2O1. The van der Waals surface area contributed by atoms with Gasteiger partial charge >= 0.3 is 0 Å². The van der Waals surface area contributed by atoms with Crippen LogP contribution in [0.15, 0.2) is 47.0 Å². The summed E-state index contributed by atoms with van der Waals surface area (Å²) < 4.78 is 11.6. The lowest BCUT2D eigenvalue weighted by Gasteiger charge is -2.36. The van der Waals surface area contributed by atoms with Crippen LogP contribution in [0.3, 0.4) is 0 Å². The molecule has 4 rings (SSSR count). The molecule has 0 saturated carbocycles. The second kappa shape index (κ2) is 6.65. The average Bonchev–Trinajstić information content (AvgIpc) is 3.18. The zero-order chi connectivity index (χ0) is 19.0. The van der Waals surface area contributed by atoms with E-state index in [0.29, 0.717) is 29.4 Å². The van der Waals surface area contributed by atoms with Crippen molar-refractivity contribution in [1.29, 1.82) is 0 Å². The number of ketones is 1. The van der Waals surface area contributed by atoms with Gasteiger partial charge in [-0.2, -0.15) is 4.98 Å². The highest BCUT2D eigenvalue weighted by Gasteiger charge is 2.37. The van der Waals surface area contributed by atoms with Crippen LogP contribution in [0.5, 0.6) is 5.75 Å². The van der Waals surface area contributed by atoms with Crippen molar-refractivity contribution >= 4 is 5.78 Å². The summed E-state index contributed by atoms with van der Waals surface area (Å²) in [6.07, 6.45) is 2.01. The Morgan fingerprint density at radius 3 is 2.59 bits per heavy atom. The van der Waals surface area contributed by atoms with Crippen LogP contribution < -0.4 is 4.74 Å². The second-order valence-corrected chi connectivity index (χ2v) is 7.04. The third-order valence-electron chi connectivity index (χ3n) is 5.44. The Balaban J connectivity index is 1.69. The largest absolute Gasteiger partial charge is 0.486 e. The number of nitrogens with zero attached hydrogens (tertiary/aromatic N) is 2. The van der Waals surface area contributed by atoms with Gasteiger partial charge in [0, 0.05) is 11.1 Å². The van der Waals surface area contributed by atoms with Crippen molar-refractivity contribution in [2.24, 2.45) is 0 Å². The maximum atomic E-state index is 12.7. The molecule has 0 saturated heterocycles. The molecular formula is C22H22N2O3. The van der Waals surface area contributed by atoms with Gasteiger partial charge in [0.25, 0.3) is 5.89 Å². The van der Waals surface area contributed by atoms with Gasteiger partial charge in [-0.25, -0.2) is 0 Å². The summed E-state index contributed by atoms with van der Waals surface area (Å²) in [5.41, 5.74) is 2.92. The molecule has 5 nitrogen and oxygen atoms in total. The van der Waals surface area contributed by atoms with Crippen LogP contribution in [0.25, 0.3) is 22.8 Å². The van der Waals surface area contributed by atoms with Crippen molar-refractivity contribution in [3.8, 4) is 28.6 Å². The van der Waals surface area contributed by atoms with E-state index < -0.39 is 5.60 Å². The normalized spacial score (nSPS) is 15.3. The summed E-state index contributed by atoms with van der Waals surface area (Å²) >= 11 is 0. The summed E-state index contributed by atoms with van der Waals surface area (Å²) in [6.45, 7) is 6.12.